The lowest BCUT2D eigenvalue weighted by Crippen LogP contribution is -2.55. The van der Waals surface area contributed by atoms with E-state index in [4.69, 9.17) is 0 Å². The molecule has 2 heteroatoms. The van der Waals surface area contributed by atoms with Crippen LogP contribution < -0.4 is 5.32 Å². The van der Waals surface area contributed by atoms with Crippen molar-refractivity contribution >= 4 is 0 Å². The van der Waals surface area contributed by atoms with Gasteiger partial charge in [-0.25, -0.2) is 0 Å². The van der Waals surface area contributed by atoms with Crippen LogP contribution in [0.2, 0.25) is 0 Å². The van der Waals surface area contributed by atoms with Crippen LogP contribution in [-0.4, -0.2) is 37.1 Å². The number of nitrogens with one attached hydrogen (secondary N) is 1. The third-order valence-electron chi connectivity index (χ3n) is 3.86. The van der Waals surface area contributed by atoms with E-state index in [9.17, 15) is 0 Å². The molecule has 1 spiro atoms. The van der Waals surface area contributed by atoms with Crippen molar-refractivity contribution < 1.29 is 0 Å². The van der Waals surface area contributed by atoms with Crippen LogP contribution in [0.15, 0.2) is 0 Å². The number of piperidine rings is 1. The number of hydrogen-bond acceptors (Lipinski definition) is 2. The van der Waals surface area contributed by atoms with Crippen molar-refractivity contribution in [2.45, 2.75) is 31.7 Å². The first kappa shape index (κ1) is 7.34. The van der Waals surface area contributed by atoms with Gasteiger partial charge in [-0.2, -0.15) is 0 Å². The van der Waals surface area contributed by atoms with Crippen LogP contribution in [0.5, 0.6) is 0 Å². The van der Waals surface area contributed by atoms with Crippen molar-refractivity contribution in [3.8, 4) is 0 Å². The highest BCUT2D eigenvalue weighted by Crippen LogP contribution is 2.53. The van der Waals surface area contributed by atoms with Gasteiger partial charge < -0.3 is 5.32 Å². The summed E-state index contributed by atoms with van der Waals surface area (Å²) < 4.78 is 0. The van der Waals surface area contributed by atoms with E-state index in [-0.39, 0.29) is 0 Å². The lowest BCUT2D eigenvalue weighted by molar-refractivity contribution is 0.0234. The summed E-state index contributed by atoms with van der Waals surface area (Å²) in [4.78, 5) is 2.72. The molecule has 0 radical (unpaired) electrons. The van der Waals surface area contributed by atoms with E-state index in [1.54, 1.807) is 0 Å². The molecule has 68 valence electrons. The second-order valence-corrected chi connectivity index (χ2v) is 4.89. The van der Waals surface area contributed by atoms with Gasteiger partial charge in [-0.3, -0.25) is 4.90 Å². The van der Waals surface area contributed by atoms with E-state index < -0.39 is 0 Å². The van der Waals surface area contributed by atoms with Gasteiger partial charge in [0, 0.05) is 19.1 Å². The largest absolute Gasteiger partial charge is 0.317 e. The van der Waals surface area contributed by atoms with E-state index in [0.717, 1.165) is 11.5 Å². The number of rotatable bonds is 1. The minimum Gasteiger partial charge on any atom is -0.317 e. The molecule has 1 N–H and O–H groups in total. The summed E-state index contributed by atoms with van der Waals surface area (Å²) in [5.74, 6) is 0. The zero-order chi connectivity index (χ0) is 8.02. The predicted octanol–water partition coefficient (Wildman–Crippen LogP) is 0.834. The van der Waals surface area contributed by atoms with Gasteiger partial charge in [-0.15, -0.1) is 0 Å². The Bertz CT molecular complexity index is 172. The van der Waals surface area contributed by atoms with Crippen LogP contribution in [0.25, 0.3) is 0 Å². The smallest absolute Gasteiger partial charge is 0.0120 e. The first-order valence-corrected chi connectivity index (χ1v) is 5.33. The minimum absolute atomic E-state index is 0.852. The van der Waals surface area contributed by atoms with Crippen molar-refractivity contribution in [2.75, 3.05) is 26.2 Å². The van der Waals surface area contributed by atoms with Crippen molar-refractivity contribution in [2.24, 2.45) is 5.41 Å². The molecule has 2 heterocycles. The van der Waals surface area contributed by atoms with Crippen molar-refractivity contribution in [3.05, 3.63) is 0 Å². The van der Waals surface area contributed by atoms with Crippen LogP contribution in [0.4, 0.5) is 0 Å². The van der Waals surface area contributed by atoms with Gasteiger partial charge in [-0.1, -0.05) is 0 Å². The van der Waals surface area contributed by atoms with E-state index in [2.05, 4.69) is 10.2 Å². The fourth-order valence-electron chi connectivity index (χ4n) is 2.74. The first-order valence-electron chi connectivity index (χ1n) is 5.33. The normalized spacial score (nSPS) is 35.0. The average molecular weight is 166 g/mol. The van der Waals surface area contributed by atoms with Crippen LogP contribution in [0, 0.1) is 5.41 Å². The maximum atomic E-state index is 3.43. The monoisotopic (exact) mass is 166 g/mol. The van der Waals surface area contributed by atoms with Crippen molar-refractivity contribution in [3.63, 3.8) is 0 Å². The molecule has 2 nitrogen and oxygen atoms in total. The van der Waals surface area contributed by atoms with Crippen LogP contribution >= 0.6 is 0 Å². The summed E-state index contributed by atoms with van der Waals surface area (Å²) in [6.07, 6.45) is 5.81. The van der Waals surface area contributed by atoms with Gasteiger partial charge in [0.25, 0.3) is 0 Å². The Kier molecular flexibility index (Phi) is 1.50. The van der Waals surface area contributed by atoms with E-state index >= 15 is 0 Å². The van der Waals surface area contributed by atoms with E-state index in [1.165, 1.54) is 51.9 Å². The van der Waals surface area contributed by atoms with Crippen molar-refractivity contribution in [1.29, 1.82) is 0 Å². The Hall–Kier alpha value is -0.0800. The SMILES string of the molecule is C1CC(N2CC3(CC3)C2)CCN1. The number of nitrogens with zero attached hydrogens (tertiary/aromatic N) is 1. The summed E-state index contributed by atoms with van der Waals surface area (Å²) in [7, 11) is 0. The molecule has 0 bridgehead atoms. The van der Waals surface area contributed by atoms with Gasteiger partial charge in [-0.05, 0) is 44.2 Å². The summed E-state index contributed by atoms with van der Waals surface area (Å²) in [6, 6.07) is 0.928. The minimum atomic E-state index is 0.852. The average Bonchev–Trinajstić information content (AvgIpc) is 2.82. The lowest BCUT2D eigenvalue weighted by atomic mass is 9.91. The molecule has 2 aliphatic heterocycles. The molecule has 12 heavy (non-hydrogen) atoms. The van der Waals surface area contributed by atoms with Crippen molar-refractivity contribution in [1.82, 2.24) is 10.2 Å². The maximum absolute atomic E-state index is 3.43. The Balaban J connectivity index is 1.53. The fraction of sp³-hybridized carbons (Fsp3) is 1.00. The molecule has 0 atom stereocenters. The summed E-state index contributed by atoms with van der Waals surface area (Å²) in [5, 5.41) is 3.43. The summed E-state index contributed by atoms with van der Waals surface area (Å²) in [6.45, 7) is 5.34. The molecule has 0 aromatic heterocycles. The van der Waals surface area contributed by atoms with Crippen LogP contribution in [-0.2, 0) is 0 Å². The van der Waals surface area contributed by atoms with Gasteiger partial charge in [0.2, 0.25) is 0 Å². The topological polar surface area (TPSA) is 15.3 Å². The highest BCUT2D eigenvalue weighted by Gasteiger charge is 2.53. The molecular weight excluding hydrogens is 148 g/mol. The predicted molar refractivity (Wildman–Crippen MR) is 49.1 cm³/mol. The van der Waals surface area contributed by atoms with E-state index in [0.29, 0.717) is 0 Å². The molecule has 3 fully saturated rings. The molecular formula is C10H18N2. The number of hydrogen-bond donors (Lipinski definition) is 1. The van der Waals surface area contributed by atoms with E-state index in [1.807, 2.05) is 0 Å². The van der Waals surface area contributed by atoms with Crippen LogP contribution in [0.1, 0.15) is 25.7 Å². The Morgan fingerprint density at radius 3 is 2.33 bits per heavy atom. The Morgan fingerprint density at radius 2 is 1.75 bits per heavy atom. The maximum Gasteiger partial charge on any atom is 0.0120 e. The third-order valence-corrected chi connectivity index (χ3v) is 3.86. The molecule has 0 amide bonds. The Labute approximate surface area is 74.3 Å². The van der Waals surface area contributed by atoms with Gasteiger partial charge in [0.05, 0.1) is 0 Å². The molecule has 0 aromatic carbocycles. The molecule has 1 aliphatic carbocycles. The lowest BCUT2D eigenvalue weighted by Gasteiger charge is -2.46. The molecule has 1 saturated carbocycles. The first-order chi connectivity index (χ1) is 5.88. The molecule has 0 unspecified atom stereocenters. The second-order valence-electron chi connectivity index (χ2n) is 4.89. The molecule has 3 aliphatic rings. The number of likely N-dealkylation sites (tertiary alicyclic amines) is 1. The summed E-state index contributed by atoms with van der Waals surface area (Å²) in [5.41, 5.74) is 0.852. The quantitative estimate of drug-likeness (QED) is 0.621. The second kappa shape index (κ2) is 2.46. The fourth-order valence-corrected chi connectivity index (χ4v) is 2.74. The molecule has 0 aromatic rings. The molecule has 3 rings (SSSR count). The molecule has 2 saturated heterocycles. The third kappa shape index (κ3) is 1.09. The zero-order valence-electron chi connectivity index (χ0n) is 7.68. The van der Waals surface area contributed by atoms with Gasteiger partial charge in [0.1, 0.15) is 0 Å². The standard InChI is InChI=1S/C10H18N2/c1-5-11-6-2-9(1)12-7-10(8-12)3-4-10/h9,11H,1-8H2. The van der Waals surface area contributed by atoms with Gasteiger partial charge >= 0.3 is 0 Å². The highest BCUT2D eigenvalue weighted by atomic mass is 15.3. The van der Waals surface area contributed by atoms with Gasteiger partial charge in [0.15, 0.2) is 0 Å². The highest BCUT2D eigenvalue weighted by molar-refractivity contribution is 5.06. The Morgan fingerprint density at radius 1 is 1.08 bits per heavy atom. The zero-order valence-corrected chi connectivity index (χ0v) is 7.68. The van der Waals surface area contributed by atoms with Crippen LogP contribution in [0.3, 0.4) is 0 Å². The summed E-state index contributed by atoms with van der Waals surface area (Å²) >= 11 is 0.